The number of rotatable bonds is 5. The maximum atomic E-state index is 8.99. The van der Waals surface area contributed by atoms with E-state index in [1.165, 1.54) is 6.42 Å². The first kappa shape index (κ1) is 9.96. The number of hydrogen-bond donors (Lipinski definition) is 2. The number of aliphatic hydroxyl groups is 1. The monoisotopic (exact) mass is 172 g/mol. The molecule has 0 saturated carbocycles. The maximum absolute atomic E-state index is 8.99. The quantitative estimate of drug-likeness (QED) is 0.584. The van der Waals surface area contributed by atoms with Gasteiger partial charge in [0.2, 0.25) is 0 Å². The molecular formula is C9H20N2O. The topological polar surface area (TPSA) is 35.5 Å². The van der Waals surface area contributed by atoms with Crippen LogP contribution in [0.1, 0.15) is 20.3 Å². The fraction of sp³-hybridized carbons (Fsp3) is 1.00. The summed E-state index contributed by atoms with van der Waals surface area (Å²) in [4.78, 5) is 2.21. The van der Waals surface area contributed by atoms with Crippen molar-refractivity contribution in [2.75, 3.05) is 26.3 Å². The molecule has 0 spiro atoms. The van der Waals surface area contributed by atoms with Gasteiger partial charge in [-0.2, -0.15) is 0 Å². The van der Waals surface area contributed by atoms with Crippen LogP contribution in [0.5, 0.6) is 0 Å². The van der Waals surface area contributed by atoms with E-state index in [0.717, 1.165) is 32.2 Å². The van der Waals surface area contributed by atoms with Crippen molar-refractivity contribution in [3.8, 4) is 0 Å². The highest BCUT2D eigenvalue weighted by molar-refractivity contribution is 4.77. The van der Waals surface area contributed by atoms with E-state index in [-0.39, 0.29) is 6.10 Å². The molecule has 0 aromatic rings. The second-order valence-corrected chi connectivity index (χ2v) is 4.03. The van der Waals surface area contributed by atoms with E-state index >= 15 is 0 Å². The van der Waals surface area contributed by atoms with Gasteiger partial charge in [0, 0.05) is 19.8 Å². The fourth-order valence-electron chi connectivity index (χ4n) is 1.30. The third kappa shape index (κ3) is 3.52. The third-order valence-corrected chi connectivity index (χ3v) is 2.17. The summed E-state index contributed by atoms with van der Waals surface area (Å²) >= 11 is 0. The molecular weight excluding hydrogens is 152 g/mol. The Kier molecular flexibility index (Phi) is 3.98. The van der Waals surface area contributed by atoms with Gasteiger partial charge in [-0.25, -0.2) is 0 Å². The molecule has 12 heavy (non-hydrogen) atoms. The lowest BCUT2D eigenvalue weighted by Crippen LogP contribution is -2.53. The SMILES string of the molecule is CC(C)CCNCN1CC(O)C1. The lowest BCUT2D eigenvalue weighted by Gasteiger charge is -2.35. The lowest BCUT2D eigenvalue weighted by atomic mass is 10.1. The van der Waals surface area contributed by atoms with E-state index in [2.05, 4.69) is 24.1 Å². The summed E-state index contributed by atoms with van der Waals surface area (Å²) in [5.74, 6) is 0.777. The minimum absolute atomic E-state index is 0.0723. The molecule has 1 aliphatic heterocycles. The van der Waals surface area contributed by atoms with Crippen molar-refractivity contribution in [3.05, 3.63) is 0 Å². The Hall–Kier alpha value is -0.120. The molecule has 1 rings (SSSR count). The van der Waals surface area contributed by atoms with Gasteiger partial charge in [0.15, 0.2) is 0 Å². The molecule has 72 valence electrons. The number of nitrogens with zero attached hydrogens (tertiary/aromatic N) is 1. The number of aliphatic hydroxyl groups excluding tert-OH is 1. The van der Waals surface area contributed by atoms with Crippen molar-refractivity contribution in [1.29, 1.82) is 0 Å². The molecule has 3 heteroatoms. The normalized spacial score (nSPS) is 20.0. The summed E-state index contributed by atoms with van der Waals surface area (Å²) in [5, 5.41) is 12.3. The van der Waals surface area contributed by atoms with Crippen LogP contribution in [0.15, 0.2) is 0 Å². The molecule has 0 atom stereocenters. The molecule has 0 bridgehead atoms. The molecule has 0 amide bonds. The Labute approximate surface area is 74.8 Å². The van der Waals surface area contributed by atoms with Crippen molar-refractivity contribution in [3.63, 3.8) is 0 Å². The number of β-amino-alcohol motifs (C(OH)–C–C–N with tert-alkyl or cyclic N) is 1. The maximum Gasteiger partial charge on any atom is 0.0794 e. The summed E-state index contributed by atoms with van der Waals surface area (Å²) in [6.45, 7) is 8.17. The first-order valence-corrected chi connectivity index (χ1v) is 4.79. The summed E-state index contributed by atoms with van der Waals surface area (Å²) in [5.41, 5.74) is 0. The highest BCUT2D eigenvalue weighted by Crippen LogP contribution is 2.04. The largest absolute Gasteiger partial charge is 0.390 e. The van der Waals surface area contributed by atoms with E-state index in [9.17, 15) is 0 Å². The van der Waals surface area contributed by atoms with Crippen molar-refractivity contribution < 1.29 is 5.11 Å². The molecule has 1 fully saturated rings. The zero-order chi connectivity index (χ0) is 8.97. The van der Waals surface area contributed by atoms with Gasteiger partial charge in [0.1, 0.15) is 0 Å². The predicted molar refractivity (Wildman–Crippen MR) is 49.9 cm³/mol. The predicted octanol–water partition coefficient (Wildman–Crippen LogP) is 0.256. The molecule has 1 saturated heterocycles. The average Bonchev–Trinajstić information content (AvgIpc) is 1.93. The van der Waals surface area contributed by atoms with Crippen molar-refractivity contribution in [2.24, 2.45) is 5.92 Å². The van der Waals surface area contributed by atoms with Crippen LogP contribution in [0.3, 0.4) is 0 Å². The van der Waals surface area contributed by atoms with E-state index < -0.39 is 0 Å². The van der Waals surface area contributed by atoms with Crippen LogP contribution in [0.25, 0.3) is 0 Å². The number of likely N-dealkylation sites (tertiary alicyclic amines) is 1. The summed E-state index contributed by atoms with van der Waals surface area (Å²) < 4.78 is 0. The van der Waals surface area contributed by atoms with E-state index in [1.54, 1.807) is 0 Å². The zero-order valence-corrected chi connectivity index (χ0v) is 8.08. The number of hydrogen-bond acceptors (Lipinski definition) is 3. The Morgan fingerprint density at radius 3 is 2.67 bits per heavy atom. The minimum atomic E-state index is -0.0723. The van der Waals surface area contributed by atoms with E-state index in [0.29, 0.717) is 0 Å². The lowest BCUT2D eigenvalue weighted by molar-refractivity contribution is -0.00238. The molecule has 0 aromatic carbocycles. The Balaban J connectivity index is 1.83. The fourth-order valence-corrected chi connectivity index (χ4v) is 1.30. The van der Waals surface area contributed by atoms with Crippen molar-refractivity contribution in [2.45, 2.75) is 26.4 Å². The van der Waals surface area contributed by atoms with Crippen molar-refractivity contribution >= 4 is 0 Å². The van der Waals surface area contributed by atoms with E-state index in [4.69, 9.17) is 5.11 Å². The van der Waals surface area contributed by atoms with Gasteiger partial charge in [-0.3, -0.25) is 4.90 Å². The van der Waals surface area contributed by atoms with Gasteiger partial charge < -0.3 is 10.4 Å². The highest BCUT2D eigenvalue weighted by Gasteiger charge is 2.22. The van der Waals surface area contributed by atoms with Gasteiger partial charge in [0.25, 0.3) is 0 Å². The van der Waals surface area contributed by atoms with Crippen LogP contribution >= 0.6 is 0 Å². The van der Waals surface area contributed by atoms with Gasteiger partial charge in [0.05, 0.1) is 6.10 Å². The van der Waals surface area contributed by atoms with Crippen LogP contribution in [-0.4, -0.2) is 42.4 Å². The van der Waals surface area contributed by atoms with E-state index in [1.807, 2.05) is 0 Å². The van der Waals surface area contributed by atoms with Crippen LogP contribution in [-0.2, 0) is 0 Å². The molecule has 1 aliphatic rings. The first-order valence-electron chi connectivity index (χ1n) is 4.79. The Bertz CT molecular complexity index is 122. The molecule has 1 heterocycles. The van der Waals surface area contributed by atoms with Gasteiger partial charge in [-0.05, 0) is 18.9 Å². The summed E-state index contributed by atoms with van der Waals surface area (Å²) in [6.07, 6.45) is 1.16. The first-order chi connectivity index (χ1) is 5.68. The van der Waals surface area contributed by atoms with Crippen LogP contribution in [0.4, 0.5) is 0 Å². The third-order valence-electron chi connectivity index (χ3n) is 2.17. The molecule has 2 N–H and O–H groups in total. The molecule has 0 unspecified atom stereocenters. The molecule has 3 nitrogen and oxygen atoms in total. The second-order valence-electron chi connectivity index (χ2n) is 4.03. The van der Waals surface area contributed by atoms with Gasteiger partial charge >= 0.3 is 0 Å². The molecule has 0 aromatic heterocycles. The van der Waals surface area contributed by atoms with Crippen molar-refractivity contribution in [1.82, 2.24) is 10.2 Å². The van der Waals surface area contributed by atoms with Gasteiger partial charge in [-0.1, -0.05) is 13.8 Å². The number of nitrogens with one attached hydrogen (secondary N) is 1. The smallest absolute Gasteiger partial charge is 0.0794 e. The second kappa shape index (κ2) is 4.80. The Morgan fingerprint density at radius 1 is 1.50 bits per heavy atom. The minimum Gasteiger partial charge on any atom is -0.390 e. The highest BCUT2D eigenvalue weighted by atomic mass is 16.3. The summed E-state index contributed by atoms with van der Waals surface area (Å²) in [6, 6.07) is 0. The van der Waals surface area contributed by atoms with Gasteiger partial charge in [-0.15, -0.1) is 0 Å². The zero-order valence-electron chi connectivity index (χ0n) is 8.08. The molecule has 0 radical (unpaired) electrons. The average molecular weight is 172 g/mol. The van der Waals surface area contributed by atoms with Crippen LogP contribution in [0, 0.1) is 5.92 Å². The van der Waals surface area contributed by atoms with Crippen LogP contribution < -0.4 is 5.32 Å². The van der Waals surface area contributed by atoms with Crippen LogP contribution in [0.2, 0.25) is 0 Å². The standard InChI is InChI=1S/C9H20N2O/c1-8(2)3-4-10-7-11-5-9(12)6-11/h8-10,12H,3-7H2,1-2H3. The molecule has 0 aliphatic carbocycles. The summed E-state index contributed by atoms with van der Waals surface area (Å²) in [7, 11) is 0. The Morgan fingerprint density at radius 2 is 2.17 bits per heavy atom.